The Balaban J connectivity index is 1.99. The summed E-state index contributed by atoms with van der Waals surface area (Å²) in [4.78, 5) is 12.8. The fourth-order valence-corrected chi connectivity index (χ4v) is 2.00. The van der Waals surface area contributed by atoms with Crippen LogP contribution >= 0.6 is 11.6 Å². The van der Waals surface area contributed by atoms with Crippen molar-refractivity contribution in [3.63, 3.8) is 0 Å². The number of nitrogens with zero attached hydrogens (tertiary/aromatic N) is 3. The van der Waals surface area contributed by atoms with Crippen LogP contribution in [0.2, 0.25) is 0 Å². The zero-order valence-electron chi connectivity index (χ0n) is 10.9. The molecule has 4 nitrogen and oxygen atoms in total. The van der Waals surface area contributed by atoms with Crippen molar-refractivity contribution in [2.75, 3.05) is 0 Å². The van der Waals surface area contributed by atoms with Gasteiger partial charge in [0.25, 0.3) is 0 Å². The first-order chi connectivity index (χ1) is 9.76. The maximum absolute atomic E-state index is 5.72. The largest absolute Gasteiger partial charge is 0.422 e. The van der Waals surface area contributed by atoms with Crippen LogP contribution in [0.15, 0.2) is 42.7 Å². The van der Waals surface area contributed by atoms with Crippen LogP contribution in [0.3, 0.4) is 0 Å². The van der Waals surface area contributed by atoms with Crippen molar-refractivity contribution in [2.24, 2.45) is 0 Å². The van der Waals surface area contributed by atoms with E-state index in [1.54, 1.807) is 12.4 Å². The summed E-state index contributed by atoms with van der Waals surface area (Å²) in [5.74, 6) is 1.03. The van der Waals surface area contributed by atoms with Crippen LogP contribution in [0.1, 0.15) is 11.3 Å². The molecule has 0 atom stereocenters. The summed E-state index contributed by atoms with van der Waals surface area (Å²) in [5.41, 5.74) is 2.59. The van der Waals surface area contributed by atoms with Gasteiger partial charge in [-0.25, -0.2) is 15.0 Å². The van der Waals surface area contributed by atoms with Gasteiger partial charge in [-0.1, -0.05) is 18.2 Å². The summed E-state index contributed by atoms with van der Waals surface area (Å²) in [7, 11) is 0. The van der Waals surface area contributed by atoms with Gasteiger partial charge in [-0.3, -0.25) is 0 Å². The second-order valence-electron chi connectivity index (χ2n) is 4.39. The zero-order chi connectivity index (χ0) is 13.9. The Morgan fingerprint density at radius 1 is 1.10 bits per heavy atom. The molecule has 0 saturated heterocycles. The number of benzene rings is 1. The van der Waals surface area contributed by atoms with Gasteiger partial charge in [-0.2, -0.15) is 0 Å². The molecule has 0 N–H and O–H groups in total. The Labute approximate surface area is 121 Å². The number of para-hydroxylation sites is 1. The minimum Gasteiger partial charge on any atom is -0.422 e. The highest BCUT2D eigenvalue weighted by atomic mass is 35.5. The summed E-state index contributed by atoms with van der Waals surface area (Å²) in [5, 5.41) is 1.02. The van der Waals surface area contributed by atoms with Crippen molar-refractivity contribution < 1.29 is 4.74 Å². The van der Waals surface area contributed by atoms with E-state index in [-0.39, 0.29) is 6.01 Å². The number of alkyl halides is 1. The summed E-state index contributed by atoms with van der Waals surface area (Å²) in [6.45, 7) is 1.95. The second kappa shape index (κ2) is 5.43. The predicted molar refractivity (Wildman–Crippen MR) is 78.1 cm³/mol. The van der Waals surface area contributed by atoms with E-state index in [4.69, 9.17) is 16.3 Å². The smallest absolute Gasteiger partial charge is 0.321 e. The van der Waals surface area contributed by atoms with E-state index in [1.165, 1.54) is 0 Å². The van der Waals surface area contributed by atoms with Crippen molar-refractivity contribution in [3.8, 4) is 11.8 Å². The molecule has 3 rings (SSSR count). The van der Waals surface area contributed by atoms with Crippen LogP contribution in [0, 0.1) is 6.92 Å². The first-order valence-electron chi connectivity index (χ1n) is 6.17. The van der Waals surface area contributed by atoms with E-state index in [0.717, 1.165) is 22.2 Å². The van der Waals surface area contributed by atoms with Crippen molar-refractivity contribution in [3.05, 3.63) is 54.0 Å². The van der Waals surface area contributed by atoms with Gasteiger partial charge in [0.05, 0.1) is 5.88 Å². The average molecular weight is 286 g/mol. The van der Waals surface area contributed by atoms with Crippen molar-refractivity contribution in [1.82, 2.24) is 15.0 Å². The van der Waals surface area contributed by atoms with Crippen molar-refractivity contribution in [1.29, 1.82) is 0 Å². The number of hydrogen-bond acceptors (Lipinski definition) is 4. The Hall–Kier alpha value is -2.20. The number of halogens is 1. The molecule has 0 aliphatic carbocycles. The number of ether oxygens (including phenoxy) is 1. The highest BCUT2D eigenvalue weighted by molar-refractivity contribution is 6.17. The SMILES string of the molecule is Cc1ccc2cccc(Oc3ncc(CCl)cn3)c2n1. The first kappa shape index (κ1) is 12.8. The molecule has 3 aromatic rings. The van der Waals surface area contributed by atoms with Crippen LogP contribution in [0.4, 0.5) is 0 Å². The Kier molecular flexibility index (Phi) is 3.48. The molecule has 0 fully saturated rings. The molecule has 0 aliphatic heterocycles. The zero-order valence-corrected chi connectivity index (χ0v) is 11.6. The number of rotatable bonds is 3. The first-order valence-corrected chi connectivity index (χ1v) is 6.71. The molecule has 2 heterocycles. The van der Waals surface area contributed by atoms with Gasteiger partial charge >= 0.3 is 6.01 Å². The minimum absolute atomic E-state index is 0.287. The molecule has 0 unspecified atom stereocenters. The van der Waals surface area contributed by atoms with Gasteiger partial charge in [0.1, 0.15) is 5.52 Å². The van der Waals surface area contributed by atoms with Crippen LogP contribution in [0.5, 0.6) is 11.8 Å². The molecule has 0 amide bonds. The lowest BCUT2D eigenvalue weighted by atomic mass is 10.2. The highest BCUT2D eigenvalue weighted by Gasteiger charge is 2.07. The van der Waals surface area contributed by atoms with Crippen molar-refractivity contribution >= 4 is 22.5 Å². The lowest BCUT2D eigenvalue weighted by Gasteiger charge is -2.07. The van der Waals surface area contributed by atoms with Crippen LogP contribution in [0.25, 0.3) is 10.9 Å². The normalized spacial score (nSPS) is 10.7. The molecule has 100 valence electrons. The number of pyridine rings is 1. The Morgan fingerprint density at radius 2 is 1.90 bits per heavy atom. The van der Waals surface area contributed by atoms with E-state index in [9.17, 15) is 0 Å². The maximum atomic E-state index is 5.72. The molecular weight excluding hydrogens is 274 g/mol. The van der Waals surface area contributed by atoms with Gasteiger partial charge in [-0.05, 0) is 19.1 Å². The molecular formula is C15H12ClN3O. The minimum atomic E-state index is 0.287. The molecule has 0 radical (unpaired) electrons. The lowest BCUT2D eigenvalue weighted by Crippen LogP contribution is -1.94. The molecule has 2 aromatic heterocycles. The van der Waals surface area contributed by atoms with Gasteiger partial charge in [0.2, 0.25) is 0 Å². The van der Waals surface area contributed by atoms with E-state index < -0.39 is 0 Å². The van der Waals surface area contributed by atoms with Crippen LogP contribution in [-0.2, 0) is 5.88 Å². The van der Waals surface area contributed by atoms with Gasteiger partial charge < -0.3 is 4.74 Å². The molecule has 0 saturated carbocycles. The lowest BCUT2D eigenvalue weighted by molar-refractivity contribution is 0.445. The van der Waals surface area contributed by atoms with E-state index in [0.29, 0.717) is 11.6 Å². The molecule has 1 aromatic carbocycles. The maximum Gasteiger partial charge on any atom is 0.321 e. The molecule has 0 aliphatic rings. The molecule has 0 spiro atoms. The number of fused-ring (bicyclic) bond motifs is 1. The summed E-state index contributed by atoms with van der Waals surface area (Å²) >= 11 is 5.70. The van der Waals surface area contributed by atoms with Crippen LogP contribution < -0.4 is 4.74 Å². The average Bonchev–Trinajstić information content (AvgIpc) is 2.49. The monoisotopic (exact) mass is 285 g/mol. The standard InChI is InChI=1S/C15H12ClN3O/c1-10-5-6-12-3-2-4-13(14(12)19-10)20-15-17-8-11(7-16)9-18-15/h2-6,8-9H,7H2,1H3. The summed E-state index contributed by atoms with van der Waals surface area (Å²) < 4.78 is 5.72. The molecule has 20 heavy (non-hydrogen) atoms. The van der Waals surface area contributed by atoms with E-state index in [1.807, 2.05) is 37.3 Å². The van der Waals surface area contributed by atoms with Crippen molar-refractivity contribution in [2.45, 2.75) is 12.8 Å². The van der Waals surface area contributed by atoms with E-state index >= 15 is 0 Å². The molecule has 0 bridgehead atoms. The highest BCUT2D eigenvalue weighted by Crippen LogP contribution is 2.27. The fraction of sp³-hybridized carbons (Fsp3) is 0.133. The third-order valence-corrected chi connectivity index (χ3v) is 3.17. The third-order valence-electron chi connectivity index (χ3n) is 2.86. The summed E-state index contributed by atoms with van der Waals surface area (Å²) in [6.07, 6.45) is 3.30. The van der Waals surface area contributed by atoms with Gasteiger partial charge in [-0.15, -0.1) is 11.6 Å². The van der Waals surface area contributed by atoms with Gasteiger partial charge in [0, 0.05) is 29.0 Å². The quantitative estimate of drug-likeness (QED) is 0.686. The number of hydrogen-bond donors (Lipinski definition) is 0. The van der Waals surface area contributed by atoms with Gasteiger partial charge in [0.15, 0.2) is 5.75 Å². The van der Waals surface area contributed by atoms with E-state index in [2.05, 4.69) is 15.0 Å². The third kappa shape index (κ3) is 2.56. The topological polar surface area (TPSA) is 47.9 Å². The fourth-order valence-electron chi connectivity index (χ4n) is 1.86. The predicted octanol–water partition coefficient (Wildman–Crippen LogP) is 3.86. The Morgan fingerprint density at radius 3 is 2.65 bits per heavy atom. The number of aryl methyl sites for hydroxylation is 1. The molecule has 5 heteroatoms. The summed E-state index contributed by atoms with van der Waals surface area (Å²) in [6, 6.07) is 10.0. The number of aromatic nitrogens is 3. The Bertz CT molecular complexity index is 744. The van der Waals surface area contributed by atoms with Crippen LogP contribution in [-0.4, -0.2) is 15.0 Å². The second-order valence-corrected chi connectivity index (χ2v) is 4.66.